The Morgan fingerprint density at radius 3 is 2.18 bits per heavy atom. The van der Waals surface area contributed by atoms with E-state index in [4.69, 9.17) is 5.11 Å². The number of fused-ring (bicyclic) bond motifs is 1. The predicted molar refractivity (Wildman–Crippen MR) is 118 cm³/mol. The molecule has 146 valence electrons. The minimum Gasteiger partial charge on any atom is -0.478 e. The average Bonchev–Trinajstić information content (AvgIpc) is 2.63. The second-order valence-corrected chi connectivity index (χ2v) is 9.22. The van der Waals surface area contributed by atoms with Crippen molar-refractivity contribution in [2.45, 2.75) is 58.3 Å². The monoisotopic (exact) mass is 374 g/mol. The highest BCUT2D eigenvalue weighted by Crippen LogP contribution is 2.47. The minimum absolute atomic E-state index is 0.135. The van der Waals surface area contributed by atoms with Crippen LogP contribution < -0.4 is 0 Å². The zero-order chi connectivity index (χ0) is 20.7. The molecule has 0 saturated carbocycles. The smallest absolute Gasteiger partial charge is 0.328 e. The van der Waals surface area contributed by atoms with Crippen LogP contribution in [0.5, 0.6) is 0 Å². The van der Waals surface area contributed by atoms with Gasteiger partial charge in [0.25, 0.3) is 0 Å². The van der Waals surface area contributed by atoms with Gasteiger partial charge in [0.2, 0.25) is 0 Å². The molecule has 0 aromatic heterocycles. The summed E-state index contributed by atoms with van der Waals surface area (Å²) in [6.07, 6.45) is 5.18. The van der Waals surface area contributed by atoms with Crippen molar-refractivity contribution in [2.75, 3.05) is 0 Å². The SMILES string of the molecule is C=C(c1cc2c(cc1C)C(C)(C)CCC2(C)C)c1ccccc1C=CC(=O)O. The van der Waals surface area contributed by atoms with Crippen molar-refractivity contribution in [2.24, 2.45) is 0 Å². The zero-order valence-corrected chi connectivity index (χ0v) is 17.6. The Kier molecular flexibility index (Phi) is 5.10. The Morgan fingerprint density at radius 2 is 1.57 bits per heavy atom. The lowest BCUT2D eigenvalue weighted by Crippen LogP contribution is -2.34. The lowest BCUT2D eigenvalue weighted by molar-refractivity contribution is -0.131. The fourth-order valence-electron chi connectivity index (χ4n) is 4.27. The van der Waals surface area contributed by atoms with E-state index in [1.165, 1.54) is 35.6 Å². The van der Waals surface area contributed by atoms with E-state index in [9.17, 15) is 4.79 Å². The van der Waals surface area contributed by atoms with Gasteiger partial charge in [-0.05, 0) is 75.6 Å². The van der Waals surface area contributed by atoms with Crippen molar-refractivity contribution < 1.29 is 9.90 Å². The fraction of sp³-hybridized carbons (Fsp3) is 0.346. The van der Waals surface area contributed by atoms with Crippen molar-refractivity contribution in [3.63, 3.8) is 0 Å². The van der Waals surface area contributed by atoms with Gasteiger partial charge < -0.3 is 5.11 Å². The van der Waals surface area contributed by atoms with E-state index >= 15 is 0 Å². The predicted octanol–water partition coefficient (Wildman–Crippen LogP) is 6.50. The van der Waals surface area contributed by atoms with Gasteiger partial charge >= 0.3 is 5.97 Å². The molecule has 1 aliphatic carbocycles. The summed E-state index contributed by atoms with van der Waals surface area (Å²) in [4.78, 5) is 11.0. The number of rotatable bonds is 4. The van der Waals surface area contributed by atoms with Crippen LogP contribution >= 0.6 is 0 Å². The highest BCUT2D eigenvalue weighted by molar-refractivity contribution is 5.89. The Morgan fingerprint density at radius 1 is 1.00 bits per heavy atom. The molecule has 0 atom stereocenters. The highest BCUT2D eigenvalue weighted by Gasteiger charge is 2.37. The van der Waals surface area contributed by atoms with Gasteiger partial charge in [-0.1, -0.05) is 70.7 Å². The third-order valence-corrected chi connectivity index (χ3v) is 6.21. The van der Waals surface area contributed by atoms with Crippen LogP contribution in [0.3, 0.4) is 0 Å². The molecule has 2 aromatic rings. The average molecular weight is 375 g/mol. The van der Waals surface area contributed by atoms with Crippen LogP contribution in [0.1, 0.15) is 73.9 Å². The van der Waals surface area contributed by atoms with Crippen LogP contribution in [0.15, 0.2) is 49.1 Å². The molecule has 0 spiro atoms. The number of hydrogen-bond acceptors (Lipinski definition) is 1. The summed E-state index contributed by atoms with van der Waals surface area (Å²) in [6.45, 7) is 15.9. The van der Waals surface area contributed by atoms with Gasteiger partial charge in [0.15, 0.2) is 0 Å². The van der Waals surface area contributed by atoms with Gasteiger partial charge in [-0.2, -0.15) is 0 Å². The van der Waals surface area contributed by atoms with E-state index in [0.29, 0.717) is 0 Å². The molecule has 0 radical (unpaired) electrons. The number of aliphatic carboxylic acids is 1. The number of carbonyl (C=O) groups is 1. The molecule has 0 aliphatic heterocycles. The van der Waals surface area contributed by atoms with Crippen LogP contribution in [0.25, 0.3) is 11.6 Å². The topological polar surface area (TPSA) is 37.3 Å². The molecule has 1 aliphatic rings. The second kappa shape index (κ2) is 7.09. The van der Waals surface area contributed by atoms with Crippen LogP contribution in [-0.4, -0.2) is 11.1 Å². The van der Waals surface area contributed by atoms with E-state index in [1.807, 2.05) is 24.3 Å². The number of carboxylic acids is 1. The first-order chi connectivity index (χ1) is 13.0. The maximum absolute atomic E-state index is 11.0. The summed E-state index contributed by atoms with van der Waals surface area (Å²) in [6, 6.07) is 12.5. The molecule has 0 bridgehead atoms. The lowest BCUT2D eigenvalue weighted by Gasteiger charge is -2.42. The molecule has 0 unspecified atom stereocenters. The molecule has 0 heterocycles. The van der Waals surface area contributed by atoms with Gasteiger partial charge in [0.1, 0.15) is 0 Å². The number of hydrogen-bond donors (Lipinski definition) is 1. The molecule has 0 amide bonds. The first-order valence-corrected chi connectivity index (χ1v) is 9.88. The number of aryl methyl sites for hydroxylation is 1. The van der Waals surface area contributed by atoms with E-state index in [-0.39, 0.29) is 10.8 Å². The summed E-state index contributed by atoms with van der Waals surface area (Å²) in [7, 11) is 0. The maximum Gasteiger partial charge on any atom is 0.328 e. The summed E-state index contributed by atoms with van der Waals surface area (Å²) >= 11 is 0. The highest BCUT2D eigenvalue weighted by atomic mass is 16.4. The quantitative estimate of drug-likeness (QED) is 0.620. The lowest BCUT2D eigenvalue weighted by atomic mass is 9.62. The van der Waals surface area contributed by atoms with Gasteiger partial charge in [-0.25, -0.2) is 4.79 Å². The van der Waals surface area contributed by atoms with Crippen molar-refractivity contribution in [1.82, 2.24) is 0 Å². The molecule has 3 rings (SSSR count). The van der Waals surface area contributed by atoms with Crippen LogP contribution in [-0.2, 0) is 15.6 Å². The van der Waals surface area contributed by atoms with Crippen molar-refractivity contribution in [3.05, 3.63) is 82.4 Å². The summed E-state index contributed by atoms with van der Waals surface area (Å²) in [5, 5.41) is 9.00. The molecule has 1 N–H and O–H groups in total. The third kappa shape index (κ3) is 3.69. The van der Waals surface area contributed by atoms with Crippen LogP contribution in [0, 0.1) is 6.92 Å². The van der Waals surface area contributed by atoms with Gasteiger partial charge in [0, 0.05) is 6.08 Å². The largest absolute Gasteiger partial charge is 0.478 e. The normalized spacial score (nSPS) is 17.3. The zero-order valence-electron chi connectivity index (χ0n) is 17.6. The molecule has 0 fully saturated rings. The Balaban J connectivity index is 2.14. The molecule has 0 saturated heterocycles. The standard InChI is InChI=1S/C26H30O2/c1-17-15-22-23(26(5,6)14-13-25(22,3)4)16-21(17)18(2)20-10-8-7-9-19(20)11-12-24(27)28/h7-12,15-16H,2,13-14H2,1,3-6H3,(H,27,28). The molecule has 2 nitrogen and oxygen atoms in total. The van der Waals surface area contributed by atoms with Crippen molar-refractivity contribution in [3.8, 4) is 0 Å². The van der Waals surface area contributed by atoms with E-state index < -0.39 is 5.97 Å². The summed E-state index contributed by atoms with van der Waals surface area (Å²) < 4.78 is 0. The fourth-order valence-corrected chi connectivity index (χ4v) is 4.27. The number of carboxylic acid groups (broad SMARTS) is 1. The molecule has 2 aromatic carbocycles. The Bertz CT molecular complexity index is 974. The maximum atomic E-state index is 11.0. The van der Waals surface area contributed by atoms with E-state index in [0.717, 1.165) is 22.3 Å². The second-order valence-electron chi connectivity index (χ2n) is 9.22. The molecular formula is C26H30O2. The number of benzene rings is 2. The summed E-state index contributed by atoms with van der Waals surface area (Å²) in [5.74, 6) is -0.950. The Labute approximate surface area is 168 Å². The van der Waals surface area contributed by atoms with E-state index in [2.05, 4.69) is 53.3 Å². The molecule has 2 heteroatoms. The molecular weight excluding hydrogens is 344 g/mol. The van der Waals surface area contributed by atoms with Crippen molar-refractivity contribution in [1.29, 1.82) is 0 Å². The van der Waals surface area contributed by atoms with Gasteiger partial charge in [-0.15, -0.1) is 0 Å². The third-order valence-electron chi connectivity index (χ3n) is 6.21. The summed E-state index contributed by atoms with van der Waals surface area (Å²) in [5.41, 5.74) is 8.29. The van der Waals surface area contributed by atoms with Gasteiger partial charge in [0.05, 0.1) is 0 Å². The first kappa shape index (κ1) is 20.1. The van der Waals surface area contributed by atoms with E-state index in [1.54, 1.807) is 6.08 Å². The molecule has 28 heavy (non-hydrogen) atoms. The Hall–Kier alpha value is -2.61. The first-order valence-electron chi connectivity index (χ1n) is 9.88. The van der Waals surface area contributed by atoms with Gasteiger partial charge in [-0.3, -0.25) is 0 Å². The minimum atomic E-state index is -0.950. The van der Waals surface area contributed by atoms with Crippen molar-refractivity contribution >= 4 is 17.6 Å². The van der Waals surface area contributed by atoms with Crippen LogP contribution in [0.2, 0.25) is 0 Å². The van der Waals surface area contributed by atoms with Crippen LogP contribution in [0.4, 0.5) is 0 Å².